The van der Waals surface area contributed by atoms with Gasteiger partial charge in [-0.3, -0.25) is 9.59 Å². The molecule has 5 nitrogen and oxygen atoms in total. The summed E-state index contributed by atoms with van der Waals surface area (Å²) in [4.78, 5) is 22.5. The first kappa shape index (κ1) is 14.2. The van der Waals surface area contributed by atoms with Crippen molar-refractivity contribution in [1.29, 1.82) is 0 Å². The number of carbonyl (C=O) groups is 2. The van der Waals surface area contributed by atoms with Crippen LogP contribution in [0.4, 0.5) is 8.78 Å². The minimum absolute atomic E-state index is 0.0342. The van der Waals surface area contributed by atoms with Crippen LogP contribution in [0, 0.1) is 17.0 Å². The molecule has 2 rings (SSSR count). The molecular weight excluding hydrogens is 272 g/mol. The van der Waals surface area contributed by atoms with E-state index in [4.69, 9.17) is 9.84 Å². The fraction of sp³-hybridized carbons (Fsp3) is 0.385. The molecule has 2 N–H and O–H groups in total. The molecule has 1 amide bonds. The Balaban J connectivity index is 1.75. The summed E-state index contributed by atoms with van der Waals surface area (Å²) in [5.74, 6) is -3.52. The molecule has 0 radical (unpaired) electrons. The predicted molar refractivity (Wildman–Crippen MR) is 64.2 cm³/mol. The molecule has 0 unspecified atom stereocenters. The highest BCUT2D eigenvalue weighted by Crippen LogP contribution is 2.45. The van der Waals surface area contributed by atoms with Crippen molar-refractivity contribution in [2.75, 3.05) is 13.2 Å². The van der Waals surface area contributed by atoms with Gasteiger partial charge in [0.1, 0.15) is 17.8 Å². The van der Waals surface area contributed by atoms with Gasteiger partial charge in [0.25, 0.3) is 0 Å². The van der Waals surface area contributed by atoms with E-state index in [1.54, 1.807) is 0 Å². The quantitative estimate of drug-likeness (QED) is 0.610. The molecule has 1 aromatic rings. The molecule has 1 saturated carbocycles. The van der Waals surface area contributed by atoms with E-state index in [2.05, 4.69) is 5.32 Å². The van der Waals surface area contributed by atoms with Gasteiger partial charge < -0.3 is 15.2 Å². The molecule has 0 spiro atoms. The molecule has 0 aromatic heterocycles. The van der Waals surface area contributed by atoms with E-state index in [0.29, 0.717) is 12.8 Å². The molecule has 7 heteroatoms. The molecule has 0 saturated heterocycles. The normalized spacial score (nSPS) is 15.5. The van der Waals surface area contributed by atoms with Crippen molar-refractivity contribution in [3.05, 3.63) is 29.8 Å². The summed E-state index contributed by atoms with van der Waals surface area (Å²) in [6.07, 6.45) is 0.663. The number of benzene rings is 1. The van der Waals surface area contributed by atoms with Gasteiger partial charge in [0.15, 0.2) is 11.6 Å². The number of carboxylic acid groups (broad SMARTS) is 1. The van der Waals surface area contributed by atoms with Crippen molar-refractivity contribution in [1.82, 2.24) is 5.32 Å². The first-order valence-corrected chi connectivity index (χ1v) is 6.05. The number of rotatable bonds is 6. The third-order valence-electron chi connectivity index (χ3n) is 3.14. The van der Waals surface area contributed by atoms with Crippen molar-refractivity contribution in [2.45, 2.75) is 12.8 Å². The summed E-state index contributed by atoms with van der Waals surface area (Å²) < 4.78 is 30.7. The molecule has 1 aromatic carbocycles. The van der Waals surface area contributed by atoms with Gasteiger partial charge in [0.2, 0.25) is 5.91 Å². The van der Waals surface area contributed by atoms with Crippen LogP contribution in [0.15, 0.2) is 18.2 Å². The first-order chi connectivity index (χ1) is 9.45. The Bertz CT molecular complexity index is 543. The highest BCUT2D eigenvalue weighted by atomic mass is 19.2. The molecule has 1 fully saturated rings. The fourth-order valence-corrected chi connectivity index (χ4v) is 1.73. The molecule has 1 aliphatic carbocycles. The lowest BCUT2D eigenvalue weighted by Gasteiger charge is -2.11. The molecule has 0 heterocycles. The summed E-state index contributed by atoms with van der Waals surface area (Å²) in [6, 6.07) is 3.10. The van der Waals surface area contributed by atoms with Gasteiger partial charge in [-0.15, -0.1) is 0 Å². The molecule has 108 valence electrons. The highest BCUT2D eigenvalue weighted by Gasteiger charge is 2.56. The predicted octanol–water partition coefficient (Wildman–Crippen LogP) is 1.32. The molecule has 0 bridgehead atoms. The van der Waals surface area contributed by atoms with Crippen molar-refractivity contribution < 1.29 is 28.2 Å². The number of aliphatic carboxylic acids is 1. The number of carboxylic acids is 1. The molecule has 0 aliphatic heterocycles. The Hall–Kier alpha value is -2.18. The van der Waals surface area contributed by atoms with Crippen molar-refractivity contribution in [3.63, 3.8) is 0 Å². The van der Waals surface area contributed by atoms with Crippen LogP contribution in [0.3, 0.4) is 0 Å². The van der Waals surface area contributed by atoms with E-state index in [-0.39, 0.29) is 18.9 Å². The SMILES string of the molecule is O=C(O)C1(C(=O)NCCOc2ccc(F)c(F)c2)CC1. The number of nitrogens with one attached hydrogen (secondary N) is 1. The van der Waals surface area contributed by atoms with E-state index in [1.165, 1.54) is 6.07 Å². The molecule has 1 aliphatic rings. The summed E-state index contributed by atoms with van der Waals surface area (Å²) in [7, 11) is 0. The second-order valence-electron chi connectivity index (χ2n) is 4.57. The number of amides is 1. The topological polar surface area (TPSA) is 75.6 Å². The van der Waals surface area contributed by atoms with Gasteiger partial charge in [0.05, 0.1) is 6.54 Å². The second kappa shape index (κ2) is 5.44. The largest absolute Gasteiger partial charge is 0.492 e. The Morgan fingerprint density at radius 1 is 1.30 bits per heavy atom. The average molecular weight is 285 g/mol. The number of hydrogen-bond donors (Lipinski definition) is 2. The molecule has 20 heavy (non-hydrogen) atoms. The van der Waals surface area contributed by atoms with Crippen LogP contribution in [-0.2, 0) is 9.59 Å². The number of hydrogen-bond acceptors (Lipinski definition) is 3. The second-order valence-corrected chi connectivity index (χ2v) is 4.57. The van der Waals surface area contributed by atoms with Gasteiger partial charge in [-0.05, 0) is 25.0 Å². The number of halogens is 2. The van der Waals surface area contributed by atoms with Crippen LogP contribution in [0.5, 0.6) is 5.75 Å². The maximum absolute atomic E-state index is 12.9. The highest BCUT2D eigenvalue weighted by molar-refractivity contribution is 6.04. The van der Waals surface area contributed by atoms with Crippen LogP contribution in [0.25, 0.3) is 0 Å². The zero-order valence-corrected chi connectivity index (χ0v) is 10.5. The molecule has 0 atom stereocenters. The Morgan fingerprint density at radius 3 is 2.55 bits per heavy atom. The van der Waals surface area contributed by atoms with E-state index in [9.17, 15) is 18.4 Å². The van der Waals surface area contributed by atoms with Crippen molar-refractivity contribution >= 4 is 11.9 Å². The Labute approximate surface area is 113 Å². The lowest BCUT2D eigenvalue weighted by Crippen LogP contribution is -2.38. The van der Waals surface area contributed by atoms with Crippen LogP contribution >= 0.6 is 0 Å². The average Bonchev–Trinajstić information content (AvgIpc) is 3.20. The Morgan fingerprint density at radius 2 is 2.00 bits per heavy atom. The zero-order chi connectivity index (χ0) is 14.8. The monoisotopic (exact) mass is 285 g/mol. The third kappa shape index (κ3) is 2.87. The van der Waals surface area contributed by atoms with Crippen LogP contribution in [0.2, 0.25) is 0 Å². The third-order valence-corrected chi connectivity index (χ3v) is 3.14. The van der Waals surface area contributed by atoms with Crippen molar-refractivity contribution in [2.24, 2.45) is 5.41 Å². The zero-order valence-electron chi connectivity index (χ0n) is 10.5. The minimum atomic E-state index is -1.29. The lowest BCUT2D eigenvalue weighted by molar-refractivity contribution is -0.149. The van der Waals surface area contributed by atoms with Crippen LogP contribution in [0.1, 0.15) is 12.8 Å². The van der Waals surface area contributed by atoms with Crippen LogP contribution < -0.4 is 10.1 Å². The summed E-state index contributed by atoms with van der Waals surface area (Å²) >= 11 is 0. The summed E-state index contributed by atoms with van der Waals surface area (Å²) in [5.41, 5.74) is -1.29. The fourth-order valence-electron chi connectivity index (χ4n) is 1.73. The smallest absolute Gasteiger partial charge is 0.319 e. The van der Waals surface area contributed by atoms with Crippen molar-refractivity contribution in [3.8, 4) is 5.75 Å². The standard InChI is InChI=1S/C13H13F2NO4/c14-9-2-1-8(7-10(9)15)20-6-5-16-11(17)13(3-4-13)12(18)19/h1-2,7H,3-6H2,(H,16,17)(H,18,19). The summed E-state index contributed by atoms with van der Waals surface area (Å²) in [5, 5.41) is 11.3. The Kier molecular flexibility index (Phi) is 3.87. The van der Waals surface area contributed by atoms with Crippen LogP contribution in [-0.4, -0.2) is 30.1 Å². The lowest BCUT2D eigenvalue weighted by atomic mass is 10.1. The molecular formula is C13H13F2NO4. The van der Waals surface area contributed by atoms with Gasteiger partial charge >= 0.3 is 5.97 Å². The number of ether oxygens (including phenoxy) is 1. The first-order valence-electron chi connectivity index (χ1n) is 6.05. The van der Waals surface area contributed by atoms with Gasteiger partial charge in [-0.1, -0.05) is 0 Å². The summed E-state index contributed by atoms with van der Waals surface area (Å²) in [6.45, 7) is 0.124. The maximum Gasteiger partial charge on any atom is 0.319 e. The number of carbonyl (C=O) groups excluding carboxylic acids is 1. The van der Waals surface area contributed by atoms with E-state index in [0.717, 1.165) is 12.1 Å². The van der Waals surface area contributed by atoms with Gasteiger partial charge in [-0.2, -0.15) is 0 Å². The van der Waals surface area contributed by atoms with E-state index < -0.39 is 28.9 Å². The van der Waals surface area contributed by atoms with Gasteiger partial charge in [-0.25, -0.2) is 8.78 Å². The van der Waals surface area contributed by atoms with E-state index in [1.807, 2.05) is 0 Å². The van der Waals surface area contributed by atoms with E-state index >= 15 is 0 Å². The minimum Gasteiger partial charge on any atom is -0.492 e. The maximum atomic E-state index is 12.9. The van der Waals surface area contributed by atoms with Gasteiger partial charge in [0, 0.05) is 6.07 Å².